The third kappa shape index (κ3) is 2.52. The van der Waals surface area contributed by atoms with Crippen molar-refractivity contribution in [1.82, 2.24) is 9.80 Å². The molecule has 2 aliphatic rings. The SMILES string of the molecule is CCC(=O)N1CC2CCC(C1)N2Cc1ccccc1. The van der Waals surface area contributed by atoms with Crippen LogP contribution in [-0.2, 0) is 11.3 Å². The van der Waals surface area contributed by atoms with Crippen LogP contribution in [0.5, 0.6) is 0 Å². The molecule has 2 bridgehead atoms. The maximum Gasteiger partial charge on any atom is 0.222 e. The van der Waals surface area contributed by atoms with Crippen LogP contribution in [0.1, 0.15) is 31.7 Å². The Labute approximate surface area is 115 Å². The van der Waals surface area contributed by atoms with Gasteiger partial charge in [0.25, 0.3) is 0 Å². The van der Waals surface area contributed by atoms with Crippen LogP contribution in [0.2, 0.25) is 0 Å². The maximum atomic E-state index is 11.9. The van der Waals surface area contributed by atoms with Crippen molar-refractivity contribution in [2.75, 3.05) is 13.1 Å². The minimum atomic E-state index is 0.316. The van der Waals surface area contributed by atoms with E-state index >= 15 is 0 Å². The molecular weight excluding hydrogens is 236 g/mol. The maximum absolute atomic E-state index is 11.9. The van der Waals surface area contributed by atoms with Crippen molar-refractivity contribution < 1.29 is 4.79 Å². The molecule has 0 radical (unpaired) electrons. The number of likely N-dealkylation sites (tertiary alicyclic amines) is 1. The lowest BCUT2D eigenvalue weighted by Gasteiger charge is -2.41. The van der Waals surface area contributed by atoms with E-state index in [0.29, 0.717) is 24.4 Å². The summed E-state index contributed by atoms with van der Waals surface area (Å²) in [5, 5.41) is 0. The fourth-order valence-electron chi connectivity index (χ4n) is 3.47. The first kappa shape index (κ1) is 12.7. The third-order valence-corrected chi connectivity index (χ3v) is 4.50. The summed E-state index contributed by atoms with van der Waals surface area (Å²) in [4.78, 5) is 16.5. The van der Waals surface area contributed by atoms with Crippen molar-refractivity contribution in [3.8, 4) is 0 Å². The van der Waals surface area contributed by atoms with Gasteiger partial charge in [0, 0.05) is 38.1 Å². The Hall–Kier alpha value is -1.35. The second-order valence-electron chi connectivity index (χ2n) is 5.70. The second-order valence-corrected chi connectivity index (χ2v) is 5.70. The number of rotatable bonds is 3. The van der Waals surface area contributed by atoms with Crippen molar-refractivity contribution >= 4 is 5.91 Å². The lowest BCUT2D eigenvalue weighted by Crippen LogP contribution is -2.54. The summed E-state index contributed by atoms with van der Waals surface area (Å²) in [5.41, 5.74) is 1.38. The molecule has 1 aromatic carbocycles. The summed E-state index contributed by atoms with van der Waals surface area (Å²) in [7, 11) is 0. The van der Waals surface area contributed by atoms with E-state index in [9.17, 15) is 4.79 Å². The Bertz CT molecular complexity index is 431. The summed E-state index contributed by atoms with van der Waals surface area (Å²) >= 11 is 0. The van der Waals surface area contributed by atoms with E-state index in [0.717, 1.165) is 19.6 Å². The van der Waals surface area contributed by atoms with Gasteiger partial charge in [-0.1, -0.05) is 37.3 Å². The van der Waals surface area contributed by atoms with Crippen LogP contribution in [0.15, 0.2) is 30.3 Å². The van der Waals surface area contributed by atoms with Gasteiger partial charge in [-0.3, -0.25) is 9.69 Å². The molecule has 1 amide bonds. The van der Waals surface area contributed by atoms with Crippen LogP contribution in [0, 0.1) is 0 Å². The van der Waals surface area contributed by atoms with Gasteiger partial charge in [-0.15, -0.1) is 0 Å². The Morgan fingerprint density at radius 3 is 2.37 bits per heavy atom. The van der Waals surface area contributed by atoms with Crippen molar-refractivity contribution in [1.29, 1.82) is 0 Å². The average Bonchev–Trinajstić information content (AvgIpc) is 2.69. The van der Waals surface area contributed by atoms with Crippen molar-refractivity contribution in [2.24, 2.45) is 0 Å². The number of piperazine rings is 1. The highest BCUT2D eigenvalue weighted by Crippen LogP contribution is 2.31. The summed E-state index contributed by atoms with van der Waals surface area (Å²) in [6.45, 7) is 4.84. The van der Waals surface area contributed by atoms with E-state index in [-0.39, 0.29) is 0 Å². The van der Waals surface area contributed by atoms with Gasteiger partial charge in [0.15, 0.2) is 0 Å². The zero-order chi connectivity index (χ0) is 13.2. The molecule has 0 spiro atoms. The lowest BCUT2D eigenvalue weighted by atomic mass is 10.1. The smallest absolute Gasteiger partial charge is 0.222 e. The zero-order valence-electron chi connectivity index (χ0n) is 11.6. The predicted molar refractivity (Wildman–Crippen MR) is 75.7 cm³/mol. The van der Waals surface area contributed by atoms with Gasteiger partial charge in [0.05, 0.1) is 0 Å². The topological polar surface area (TPSA) is 23.6 Å². The minimum Gasteiger partial charge on any atom is -0.340 e. The van der Waals surface area contributed by atoms with Crippen molar-refractivity contribution in [2.45, 2.75) is 44.8 Å². The van der Waals surface area contributed by atoms with Gasteiger partial charge in [0.1, 0.15) is 0 Å². The Kier molecular flexibility index (Phi) is 3.56. The number of carbonyl (C=O) groups is 1. The van der Waals surface area contributed by atoms with Crippen LogP contribution >= 0.6 is 0 Å². The van der Waals surface area contributed by atoms with E-state index in [1.807, 2.05) is 6.92 Å². The first-order valence-electron chi connectivity index (χ1n) is 7.35. The number of benzene rings is 1. The van der Waals surface area contributed by atoms with Crippen molar-refractivity contribution in [3.63, 3.8) is 0 Å². The Balaban J connectivity index is 1.68. The van der Waals surface area contributed by atoms with Gasteiger partial charge in [-0.25, -0.2) is 0 Å². The molecule has 0 N–H and O–H groups in total. The molecule has 2 unspecified atom stereocenters. The van der Waals surface area contributed by atoms with E-state index in [1.165, 1.54) is 18.4 Å². The van der Waals surface area contributed by atoms with Crippen LogP contribution in [0.3, 0.4) is 0 Å². The van der Waals surface area contributed by atoms with E-state index in [4.69, 9.17) is 0 Å². The monoisotopic (exact) mass is 258 g/mol. The summed E-state index contributed by atoms with van der Waals surface area (Å²) in [6, 6.07) is 11.8. The third-order valence-electron chi connectivity index (χ3n) is 4.50. The molecule has 2 fully saturated rings. The fraction of sp³-hybridized carbons (Fsp3) is 0.562. The molecule has 1 aromatic rings. The Morgan fingerprint density at radius 2 is 1.79 bits per heavy atom. The summed E-state index contributed by atoms with van der Waals surface area (Å²) < 4.78 is 0. The molecule has 2 saturated heterocycles. The molecule has 0 aromatic heterocycles. The first-order valence-corrected chi connectivity index (χ1v) is 7.35. The standard InChI is InChI=1S/C16H22N2O/c1-2-16(19)17-11-14-8-9-15(12-17)18(14)10-13-6-4-3-5-7-13/h3-7,14-15H,2,8-12H2,1H3. The normalized spacial score (nSPS) is 26.7. The molecule has 2 heterocycles. The number of amides is 1. The molecule has 0 saturated carbocycles. The number of nitrogens with zero attached hydrogens (tertiary/aromatic N) is 2. The largest absolute Gasteiger partial charge is 0.340 e. The summed E-state index contributed by atoms with van der Waals surface area (Å²) in [6.07, 6.45) is 3.12. The number of hydrogen-bond acceptors (Lipinski definition) is 2. The van der Waals surface area contributed by atoms with Gasteiger partial charge in [-0.05, 0) is 18.4 Å². The highest BCUT2D eigenvalue weighted by atomic mass is 16.2. The van der Waals surface area contributed by atoms with Crippen LogP contribution in [-0.4, -0.2) is 40.9 Å². The van der Waals surface area contributed by atoms with Crippen LogP contribution in [0.25, 0.3) is 0 Å². The van der Waals surface area contributed by atoms with E-state index in [1.54, 1.807) is 0 Å². The highest BCUT2D eigenvalue weighted by molar-refractivity contribution is 5.76. The number of carbonyl (C=O) groups excluding carboxylic acids is 1. The first-order chi connectivity index (χ1) is 9.28. The van der Waals surface area contributed by atoms with Crippen LogP contribution in [0.4, 0.5) is 0 Å². The molecule has 102 valence electrons. The molecule has 2 atom stereocenters. The molecular formula is C16H22N2O. The quantitative estimate of drug-likeness (QED) is 0.830. The molecule has 0 aliphatic carbocycles. The molecule has 3 rings (SSSR count). The molecule has 3 nitrogen and oxygen atoms in total. The van der Waals surface area contributed by atoms with E-state index < -0.39 is 0 Å². The molecule has 2 aliphatic heterocycles. The lowest BCUT2D eigenvalue weighted by molar-refractivity contribution is -0.134. The van der Waals surface area contributed by atoms with Gasteiger partial charge in [-0.2, -0.15) is 0 Å². The highest BCUT2D eigenvalue weighted by Gasteiger charge is 2.40. The summed E-state index contributed by atoms with van der Waals surface area (Å²) in [5.74, 6) is 0.316. The Morgan fingerprint density at radius 1 is 1.16 bits per heavy atom. The fourth-order valence-corrected chi connectivity index (χ4v) is 3.47. The predicted octanol–water partition coefficient (Wildman–Crippen LogP) is 2.27. The molecule has 19 heavy (non-hydrogen) atoms. The second kappa shape index (κ2) is 5.33. The van der Waals surface area contributed by atoms with Gasteiger partial charge < -0.3 is 4.90 Å². The zero-order valence-corrected chi connectivity index (χ0v) is 11.6. The molecule has 3 heteroatoms. The minimum absolute atomic E-state index is 0.316. The number of hydrogen-bond donors (Lipinski definition) is 0. The van der Waals surface area contributed by atoms with E-state index in [2.05, 4.69) is 40.1 Å². The van der Waals surface area contributed by atoms with Gasteiger partial charge in [0.2, 0.25) is 5.91 Å². The average molecular weight is 258 g/mol. The van der Waals surface area contributed by atoms with Gasteiger partial charge >= 0.3 is 0 Å². The van der Waals surface area contributed by atoms with Crippen molar-refractivity contribution in [3.05, 3.63) is 35.9 Å². The van der Waals surface area contributed by atoms with Crippen LogP contribution < -0.4 is 0 Å². The number of fused-ring (bicyclic) bond motifs is 2.